The molecule has 2 atom stereocenters. The third-order valence-electron chi connectivity index (χ3n) is 4.77. The van der Waals surface area contributed by atoms with E-state index in [4.69, 9.17) is 4.74 Å². The van der Waals surface area contributed by atoms with Crippen molar-refractivity contribution in [3.05, 3.63) is 76.2 Å². The second-order valence-corrected chi connectivity index (χ2v) is 7.54. The summed E-state index contributed by atoms with van der Waals surface area (Å²) in [5.41, 5.74) is 2.88. The summed E-state index contributed by atoms with van der Waals surface area (Å²) in [6.07, 6.45) is -3.87. The van der Waals surface area contributed by atoms with Gasteiger partial charge in [0.2, 0.25) is 5.91 Å². The zero-order valence-electron chi connectivity index (χ0n) is 15.1. The topological polar surface area (TPSA) is 51.2 Å². The second-order valence-electron chi connectivity index (χ2n) is 6.83. The van der Waals surface area contributed by atoms with Gasteiger partial charge < -0.3 is 10.1 Å². The predicted octanol–water partition coefficient (Wildman–Crippen LogP) is 5.48. The molecule has 8 heteroatoms. The van der Waals surface area contributed by atoms with E-state index in [1.54, 1.807) is 35.8 Å². The number of benzene rings is 2. The number of thiazole rings is 1. The first-order chi connectivity index (χ1) is 13.9. The Hall–Kier alpha value is -2.87. The molecule has 1 aliphatic rings. The highest BCUT2D eigenvalue weighted by Crippen LogP contribution is 2.49. The lowest BCUT2D eigenvalue weighted by molar-refractivity contribution is -0.137. The third kappa shape index (κ3) is 4.59. The summed E-state index contributed by atoms with van der Waals surface area (Å²) >= 11 is 1.47. The number of nitrogens with one attached hydrogen (secondary N) is 1. The Kier molecular flexibility index (Phi) is 5.27. The number of nitrogens with zero attached hydrogens (tertiary/aromatic N) is 1. The van der Waals surface area contributed by atoms with E-state index in [0.717, 1.165) is 17.8 Å². The van der Waals surface area contributed by atoms with Crippen molar-refractivity contribution in [1.82, 2.24) is 4.98 Å². The second kappa shape index (κ2) is 7.87. The first-order valence-corrected chi connectivity index (χ1v) is 9.93. The molecule has 0 radical (unpaired) electrons. The summed E-state index contributed by atoms with van der Waals surface area (Å²) in [5.74, 6) is -0.271. The minimum atomic E-state index is -4.39. The van der Waals surface area contributed by atoms with Gasteiger partial charge in [0.05, 0.1) is 22.5 Å². The van der Waals surface area contributed by atoms with Gasteiger partial charge in [0.1, 0.15) is 12.4 Å². The smallest absolute Gasteiger partial charge is 0.416 e. The molecule has 0 bridgehead atoms. The SMILES string of the molecule is O=C(Nc1ccccc1OCc1cscn1)C1CC1c1cccc(C(F)(F)F)c1. The molecule has 4 nitrogen and oxygen atoms in total. The first kappa shape index (κ1) is 19.4. The van der Waals surface area contributed by atoms with Crippen molar-refractivity contribution < 1.29 is 22.7 Å². The van der Waals surface area contributed by atoms with Crippen molar-refractivity contribution in [3.8, 4) is 5.75 Å². The number of carbonyl (C=O) groups is 1. The Morgan fingerprint density at radius 3 is 2.79 bits per heavy atom. The predicted molar refractivity (Wildman–Crippen MR) is 104 cm³/mol. The molecule has 0 aliphatic heterocycles. The zero-order chi connectivity index (χ0) is 20.4. The first-order valence-electron chi connectivity index (χ1n) is 8.99. The molecule has 1 aromatic heterocycles. The lowest BCUT2D eigenvalue weighted by atomic mass is 10.1. The quantitative estimate of drug-likeness (QED) is 0.577. The molecule has 150 valence electrons. The van der Waals surface area contributed by atoms with Crippen LogP contribution in [0.25, 0.3) is 0 Å². The number of alkyl halides is 3. The van der Waals surface area contributed by atoms with E-state index in [9.17, 15) is 18.0 Å². The Morgan fingerprint density at radius 1 is 1.21 bits per heavy atom. The highest BCUT2D eigenvalue weighted by molar-refractivity contribution is 7.07. The number of amides is 1. The van der Waals surface area contributed by atoms with Gasteiger partial charge in [0, 0.05) is 11.3 Å². The fourth-order valence-electron chi connectivity index (χ4n) is 3.18. The van der Waals surface area contributed by atoms with Gasteiger partial charge in [-0.05, 0) is 36.1 Å². The number of hydrogen-bond acceptors (Lipinski definition) is 4. The van der Waals surface area contributed by atoms with Crippen LogP contribution >= 0.6 is 11.3 Å². The van der Waals surface area contributed by atoms with Crippen molar-refractivity contribution in [2.45, 2.75) is 25.1 Å². The molecule has 0 saturated heterocycles. The van der Waals surface area contributed by atoms with Crippen molar-refractivity contribution in [2.75, 3.05) is 5.32 Å². The fraction of sp³-hybridized carbons (Fsp3) is 0.238. The number of hydrogen-bond donors (Lipinski definition) is 1. The fourth-order valence-corrected chi connectivity index (χ4v) is 3.72. The van der Waals surface area contributed by atoms with E-state index < -0.39 is 11.7 Å². The average molecular weight is 418 g/mol. The van der Waals surface area contributed by atoms with Crippen LogP contribution in [0.5, 0.6) is 5.75 Å². The van der Waals surface area contributed by atoms with E-state index in [0.29, 0.717) is 23.4 Å². The van der Waals surface area contributed by atoms with Crippen LogP contribution < -0.4 is 10.1 Å². The van der Waals surface area contributed by atoms with E-state index in [-0.39, 0.29) is 24.3 Å². The van der Waals surface area contributed by atoms with Gasteiger partial charge in [-0.1, -0.05) is 30.3 Å². The number of ether oxygens (including phenoxy) is 1. The van der Waals surface area contributed by atoms with Crippen LogP contribution in [0, 0.1) is 5.92 Å². The summed E-state index contributed by atoms with van der Waals surface area (Å²) in [6, 6.07) is 12.2. The molecule has 29 heavy (non-hydrogen) atoms. The van der Waals surface area contributed by atoms with Crippen molar-refractivity contribution in [3.63, 3.8) is 0 Å². The number of halogens is 3. The van der Waals surface area contributed by atoms with Crippen LogP contribution in [0.1, 0.15) is 29.2 Å². The van der Waals surface area contributed by atoms with Crippen LogP contribution in [0.4, 0.5) is 18.9 Å². The molecule has 1 N–H and O–H groups in total. The summed E-state index contributed by atoms with van der Waals surface area (Å²) in [7, 11) is 0. The molecule has 3 aromatic rings. The summed E-state index contributed by atoms with van der Waals surface area (Å²) in [5, 5.41) is 4.72. The van der Waals surface area contributed by atoms with Crippen LogP contribution in [-0.2, 0) is 17.6 Å². The number of anilines is 1. The Balaban J connectivity index is 1.41. The van der Waals surface area contributed by atoms with E-state index in [1.807, 2.05) is 5.38 Å². The van der Waals surface area contributed by atoms with Crippen molar-refractivity contribution in [1.29, 1.82) is 0 Å². The maximum Gasteiger partial charge on any atom is 0.416 e. The number of rotatable bonds is 6. The zero-order valence-corrected chi connectivity index (χ0v) is 16.0. The molecular formula is C21H17F3N2O2S. The maximum absolute atomic E-state index is 12.9. The van der Waals surface area contributed by atoms with Gasteiger partial charge in [-0.2, -0.15) is 13.2 Å². The lowest BCUT2D eigenvalue weighted by Crippen LogP contribution is -2.15. The maximum atomic E-state index is 12.9. The normalized spacial score (nSPS) is 18.3. The molecule has 2 aromatic carbocycles. The summed E-state index contributed by atoms with van der Waals surface area (Å²) in [4.78, 5) is 16.8. The Labute approximate surface area is 169 Å². The standard InChI is InChI=1S/C21H17F3N2O2S/c22-21(23,24)14-5-3-4-13(8-14)16-9-17(16)20(27)26-18-6-1-2-7-19(18)28-10-15-11-29-12-25-15/h1-8,11-12,16-17H,9-10H2,(H,26,27). The number of carbonyl (C=O) groups excluding carboxylic acids is 1. The molecule has 1 heterocycles. The van der Waals surface area contributed by atoms with Gasteiger partial charge in [0.15, 0.2) is 0 Å². The monoisotopic (exact) mass is 418 g/mol. The van der Waals surface area contributed by atoms with Crippen LogP contribution in [0.2, 0.25) is 0 Å². The highest BCUT2D eigenvalue weighted by Gasteiger charge is 2.44. The summed E-state index contributed by atoms with van der Waals surface area (Å²) in [6.45, 7) is 0.284. The molecule has 1 aliphatic carbocycles. The lowest BCUT2D eigenvalue weighted by Gasteiger charge is -2.12. The molecular weight excluding hydrogens is 401 g/mol. The molecule has 4 rings (SSSR count). The molecule has 1 fully saturated rings. The van der Waals surface area contributed by atoms with Crippen molar-refractivity contribution in [2.24, 2.45) is 5.92 Å². The number of aromatic nitrogens is 1. The van der Waals surface area contributed by atoms with E-state index in [1.165, 1.54) is 17.4 Å². The molecule has 1 saturated carbocycles. The average Bonchev–Trinajstić information content (AvgIpc) is 3.34. The Morgan fingerprint density at radius 2 is 2.03 bits per heavy atom. The molecule has 2 unspecified atom stereocenters. The minimum Gasteiger partial charge on any atom is -0.485 e. The van der Waals surface area contributed by atoms with E-state index >= 15 is 0 Å². The van der Waals surface area contributed by atoms with Crippen LogP contribution in [0.3, 0.4) is 0 Å². The van der Waals surface area contributed by atoms with Gasteiger partial charge in [0.25, 0.3) is 0 Å². The van der Waals surface area contributed by atoms with Crippen LogP contribution in [-0.4, -0.2) is 10.9 Å². The van der Waals surface area contributed by atoms with Gasteiger partial charge >= 0.3 is 6.18 Å². The summed E-state index contributed by atoms with van der Waals surface area (Å²) < 4.78 is 44.5. The van der Waals surface area contributed by atoms with Crippen molar-refractivity contribution >= 4 is 22.9 Å². The van der Waals surface area contributed by atoms with Gasteiger partial charge in [-0.15, -0.1) is 11.3 Å². The number of para-hydroxylation sites is 2. The van der Waals surface area contributed by atoms with E-state index in [2.05, 4.69) is 10.3 Å². The third-order valence-corrected chi connectivity index (χ3v) is 5.41. The molecule has 0 spiro atoms. The minimum absolute atomic E-state index is 0.208. The Bertz CT molecular complexity index is 1010. The van der Waals surface area contributed by atoms with Gasteiger partial charge in [-0.3, -0.25) is 4.79 Å². The van der Waals surface area contributed by atoms with Gasteiger partial charge in [-0.25, -0.2) is 4.98 Å². The molecule has 1 amide bonds. The highest BCUT2D eigenvalue weighted by atomic mass is 32.1. The van der Waals surface area contributed by atoms with Crippen LogP contribution in [0.15, 0.2) is 59.4 Å². The largest absolute Gasteiger partial charge is 0.485 e.